The van der Waals surface area contributed by atoms with E-state index in [0.717, 1.165) is 0 Å². The molecule has 0 aliphatic carbocycles. The molecule has 0 aliphatic rings. The van der Waals surface area contributed by atoms with Crippen molar-refractivity contribution in [2.24, 2.45) is 0 Å². The minimum absolute atomic E-state index is 0. The molecule has 0 aliphatic heterocycles. The van der Waals surface area contributed by atoms with E-state index < -0.39 is 7.82 Å². The average molecular weight is 166 g/mol. The van der Waals surface area contributed by atoms with Crippen molar-refractivity contribution >= 4 is 7.82 Å². The fraction of sp³-hybridized carbons (Fsp3) is 1.00. The Morgan fingerprint density at radius 3 is 1.78 bits per heavy atom. The van der Waals surface area contributed by atoms with Crippen molar-refractivity contribution in [1.82, 2.24) is 0 Å². The van der Waals surface area contributed by atoms with Gasteiger partial charge in [-0.15, -0.1) is 0 Å². The molecule has 0 aromatic heterocycles. The van der Waals surface area contributed by atoms with E-state index in [4.69, 9.17) is 9.79 Å². The Kier molecular flexibility index (Phi) is 10.8. The van der Waals surface area contributed by atoms with Crippen LogP contribution in [0.15, 0.2) is 0 Å². The Bertz CT molecular complexity index is 90.6. The van der Waals surface area contributed by atoms with Crippen molar-refractivity contribution in [3.63, 3.8) is 0 Å². The van der Waals surface area contributed by atoms with Crippen molar-refractivity contribution in [2.75, 3.05) is 6.61 Å². The molecule has 0 unspecified atom stereocenters. The zero-order valence-electron chi connectivity index (χ0n) is 4.68. The van der Waals surface area contributed by atoms with Gasteiger partial charge in [-0.2, -0.15) is 0 Å². The van der Waals surface area contributed by atoms with Crippen molar-refractivity contribution in [2.45, 2.75) is 6.92 Å². The number of halogens is 2. The van der Waals surface area contributed by atoms with Gasteiger partial charge in [0.2, 0.25) is 0 Å². The highest BCUT2D eigenvalue weighted by Crippen LogP contribution is 2.34. The molecule has 0 saturated heterocycles. The molecule has 0 fully saturated rings. The predicted octanol–water partition coefficient (Wildman–Crippen LogP) is 0.421. The highest BCUT2D eigenvalue weighted by Gasteiger charge is 2.10. The third-order valence-electron chi connectivity index (χ3n) is 0.297. The van der Waals surface area contributed by atoms with E-state index in [0.29, 0.717) is 0 Å². The first-order valence-corrected chi connectivity index (χ1v) is 3.29. The zero-order chi connectivity index (χ0) is 5.91. The van der Waals surface area contributed by atoms with E-state index in [9.17, 15) is 4.57 Å². The van der Waals surface area contributed by atoms with Crippen LogP contribution in [0.2, 0.25) is 0 Å². The summed E-state index contributed by atoms with van der Waals surface area (Å²) in [5.74, 6) is 0. The van der Waals surface area contributed by atoms with Crippen LogP contribution in [-0.4, -0.2) is 16.4 Å². The molecule has 0 radical (unpaired) electrons. The maximum absolute atomic E-state index is 9.70. The molecular weight excluding hydrogens is 157 g/mol. The molecule has 7 heteroatoms. The topological polar surface area (TPSA) is 66.8 Å². The zero-order valence-corrected chi connectivity index (χ0v) is 5.58. The van der Waals surface area contributed by atoms with Gasteiger partial charge in [-0.3, -0.25) is 13.9 Å². The lowest BCUT2D eigenvalue weighted by molar-refractivity contribution is 0.206. The van der Waals surface area contributed by atoms with Gasteiger partial charge in [-0.05, 0) is 6.92 Å². The molecule has 0 aromatic rings. The van der Waals surface area contributed by atoms with Crippen LogP contribution >= 0.6 is 7.82 Å². The van der Waals surface area contributed by atoms with E-state index in [1.54, 1.807) is 0 Å². The SMILES string of the molecule is CCOP(=O)(O)O.F.F. The monoisotopic (exact) mass is 166 g/mol. The van der Waals surface area contributed by atoms with Gasteiger partial charge in [0.15, 0.2) is 0 Å². The van der Waals surface area contributed by atoms with E-state index in [2.05, 4.69) is 4.52 Å². The number of phosphoric acid groups is 1. The molecule has 0 bridgehead atoms. The molecule has 9 heavy (non-hydrogen) atoms. The fourth-order valence-corrected chi connectivity index (χ4v) is 0.505. The van der Waals surface area contributed by atoms with Crippen LogP contribution < -0.4 is 0 Å². The molecule has 0 rings (SSSR count). The number of hydrogen-bond donors (Lipinski definition) is 2. The Balaban J connectivity index is -0.000000180. The van der Waals surface area contributed by atoms with Crippen molar-refractivity contribution in [1.29, 1.82) is 0 Å². The number of phosphoric ester groups is 1. The Labute approximate surface area is 50.8 Å². The van der Waals surface area contributed by atoms with Crippen LogP contribution in [0.25, 0.3) is 0 Å². The molecule has 2 N–H and O–H groups in total. The Morgan fingerprint density at radius 2 is 1.78 bits per heavy atom. The molecule has 60 valence electrons. The Hall–Kier alpha value is -0.0300. The van der Waals surface area contributed by atoms with Gasteiger partial charge < -0.3 is 9.79 Å². The third kappa shape index (κ3) is 18.0. The summed E-state index contributed by atoms with van der Waals surface area (Å²) in [6, 6.07) is 0. The van der Waals surface area contributed by atoms with Gasteiger partial charge in [0.1, 0.15) is 0 Å². The summed E-state index contributed by atoms with van der Waals surface area (Å²) in [4.78, 5) is 15.8. The van der Waals surface area contributed by atoms with Crippen molar-refractivity contribution in [3.8, 4) is 0 Å². The van der Waals surface area contributed by atoms with E-state index in [1.807, 2.05) is 0 Å². The summed E-state index contributed by atoms with van der Waals surface area (Å²) in [5, 5.41) is 0. The fourth-order valence-electron chi connectivity index (χ4n) is 0.168. The van der Waals surface area contributed by atoms with Gasteiger partial charge in [0.25, 0.3) is 0 Å². The molecule has 0 aromatic carbocycles. The summed E-state index contributed by atoms with van der Waals surface area (Å²) in [6.45, 7) is 1.56. The van der Waals surface area contributed by atoms with Crippen LogP contribution in [0.5, 0.6) is 0 Å². The first kappa shape index (κ1) is 16.0. The summed E-state index contributed by atoms with van der Waals surface area (Å²) < 4.78 is 13.6. The van der Waals surface area contributed by atoms with E-state index in [-0.39, 0.29) is 16.0 Å². The Morgan fingerprint density at radius 1 is 1.44 bits per heavy atom. The van der Waals surface area contributed by atoms with Gasteiger partial charge in [0, 0.05) is 0 Å². The van der Waals surface area contributed by atoms with Gasteiger partial charge in [0.05, 0.1) is 6.61 Å². The molecule has 0 atom stereocenters. The summed E-state index contributed by atoms with van der Waals surface area (Å²) in [6.07, 6.45) is 0. The number of hydrogen-bond acceptors (Lipinski definition) is 2. The lowest BCUT2D eigenvalue weighted by Crippen LogP contribution is -1.84. The van der Waals surface area contributed by atoms with E-state index >= 15 is 0 Å². The summed E-state index contributed by atoms with van der Waals surface area (Å²) in [5.41, 5.74) is 0. The normalized spacial score (nSPS) is 9.22. The largest absolute Gasteiger partial charge is 0.469 e. The molecular formula is C2H9F2O4P. The molecule has 0 saturated carbocycles. The predicted molar refractivity (Wildman–Crippen MR) is 28.7 cm³/mol. The lowest BCUT2D eigenvalue weighted by Gasteiger charge is -1.98. The maximum Gasteiger partial charge on any atom is 0.469 e. The second kappa shape index (κ2) is 6.10. The van der Waals surface area contributed by atoms with Gasteiger partial charge in [-0.25, -0.2) is 4.57 Å². The molecule has 0 spiro atoms. The first-order chi connectivity index (χ1) is 3.06. The second-order valence-corrected chi connectivity index (χ2v) is 2.15. The minimum Gasteiger partial charge on any atom is -0.303 e. The highest BCUT2D eigenvalue weighted by atomic mass is 31.2. The molecule has 0 heterocycles. The van der Waals surface area contributed by atoms with Crippen molar-refractivity contribution < 1.29 is 28.3 Å². The lowest BCUT2D eigenvalue weighted by atomic mass is 10.9. The van der Waals surface area contributed by atoms with Crippen LogP contribution in [-0.2, 0) is 9.09 Å². The standard InChI is InChI=1S/C2H7O4P.2FH/c1-2-6-7(3,4)5;;/h2H2,1H3,(H2,3,4,5);2*1H. The molecule has 0 amide bonds. The van der Waals surface area contributed by atoms with Gasteiger partial charge in [-0.1, -0.05) is 0 Å². The minimum atomic E-state index is -4.17. The summed E-state index contributed by atoms with van der Waals surface area (Å²) >= 11 is 0. The summed E-state index contributed by atoms with van der Waals surface area (Å²) in [7, 11) is -4.17. The quantitative estimate of drug-likeness (QED) is 0.583. The maximum atomic E-state index is 9.70. The first-order valence-electron chi connectivity index (χ1n) is 1.76. The smallest absolute Gasteiger partial charge is 0.303 e. The number of rotatable bonds is 2. The average Bonchev–Trinajstić information content (AvgIpc) is 1.30. The van der Waals surface area contributed by atoms with Crippen LogP contribution in [0.1, 0.15) is 6.92 Å². The van der Waals surface area contributed by atoms with Crippen LogP contribution in [0.4, 0.5) is 9.41 Å². The van der Waals surface area contributed by atoms with Crippen LogP contribution in [0, 0.1) is 0 Å². The van der Waals surface area contributed by atoms with E-state index in [1.165, 1.54) is 6.92 Å². The second-order valence-electron chi connectivity index (χ2n) is 0.908. The van der Waals surface area contributed by atoms with Crippen LogP contribution in [0.3, 0.4) is 0 Å². The third-order valence-corrected chi connectivity index (χ3v) is 0.892. The highest BCUT2D eigenvalue weighted by molar-refractivity contribution is 7.46. The molecule has 4 nitrogen and oxygen atoms in total. The van der Waals surface area contributed by atoms with Gasteiger partial charge >= 0.3 is 7.82 Å². The van der Waals surface area contributed by atoms with Crippen molar-refractivity contribution in [3.05, 3.63) is 0 Å².